The van der Waals surface area contributed by atoms with Gasteiger partial charge in [-0.05, 0) is 55.0 Å². The van der Waals surface area contributed by atoms with Gasteiger partial charge in [0, 0.05) is 10.0 Å². The van der Waals surface area contributed by atoms with E-state index in [1.165, 1.54) is 12.1 Å². The number of sulfonamides is 1. The van der Waals surface area contributed by atoms with Gasteiger partial charge in [-0.2, -0.15) is 0 Å². The zero-order valence-electron chi connectivity index (χ0n) is 16.8. The molecule has 0 spiro atoms. The molecule has 0 saturated carbocycles. The molecule has 3 aromatic carbocycles. The van der Waals surface area contributed by atoms with Gasteiger partial charge < -0.3 is 10.1 Å². The number of nitrogens with one attached hydrogen (secondary N) is 1. The molecule has 0 aliphatic rings. The molecule has 9 heteroatoms. The van der Waals surface area contributed by atoms with E-state index in [1.54, 1.807) is 43.3 Å². The van der Waals surface area contributed by atoms with Crippen LogP contribution in [0.5, 0.6) is 11.5 Å². The van der Waals surface area contributed by atoms with Crippen molar-refractivity contribution in [1.82, 2.24) is 0 Å². The first-order valence-electron chi connectivity index (χ1n) is 9.19. The van der Waals surface area contributed by atoms with Crippen molar-refractivity contribution in [3.05, 3.63) is 82.3 Å². The summed E-state index contributed by atoms with van der Waals surface area (Å²) in [4.78, 5) is 12.8. The van der Waals surface area contributed by atoms with Gasteiger partial charge in [-0.1, -0.05) is 47.5 Å². The molecule has 3 aromatic rings. The highest BCUT2D eigenvalue weighted by atomic mass is 35.5. The number of amides is 1. The van der Waals surface area contributed by atoms with Crippen LogP contribution in [0.3, 0.4) is 0 Å². The number of rotatable bonds is 7. The van der Waals surface area contributed by atoms with Crippen molar-refractivity contribution in [2.75, 3.05) is 22.4 Å². The summed E-state index contributed by atoms with van der Waals surface area (Å²) in [5.41, 5.74) is 1.40. The highest BCUT2D eigenvalue weighted by Gasteiger charge is 2.22. The second-order valence-electron chi connectivity index (χ2n) is 6.81. The number of halogens is 2. The van der Waals surface area contributed by atoms with Gasteiger partial charge in [0.05, 0.1) is 17.6 Å². The van der Waals surface area contributed by atoms with Gasteiger partial charge in [-0.15, -0.1) is 0 Å². The molecule has 0 heterocycles. The summed E-state index contributed by atoms with van der Waals surface area (Å²) in [5.74, 6) is 0.378. The van der Waals surface area contributed by atoms with Crippen molar-refractivity contribution in [2.24, 2.45) is 0 Å². The molecule has 0 aliphatic heterocycles. The summed E-state index contributed by atoms with van der Waals surface area (Å²) in [5, 5.41) is 3.48. The van der Waals surface area contributed by atoms with E-state index in [1.807, 2.05) is 18.2 Å². The maximum atomic E-state index is 12.8. The second kappa shape index (κ2) is 9.60. The lowest BCUT2D eigenvalue weighted by Crippen LogP contribution is -2.37. The van der Waals surface area contributed by atoms with Gasteiger partial charge in [0.25, 0.3) is 0 Å². The minimum absolute atomic E-state index is 0.292. The molecule has 31 heavy (non-hydrogen) atoms. The first kappa shape index (κ1) is 22.9. The highest BCUT2D eigenvalue weighted by molar-refractivity contribution is 7.92. The van der Waals surface area contributed by atoms with Gasteiger partial charge in [-0.3, -0.25) is 9.10 Å². The van der Waals surface area contributed by atoms with Crippen LogP contribution in [-0.4, -0.2) is 27.1 Å². The van der Waals surface area contributed by atoms with Gasteiger partial charge >= 0.3 is 0 Å². The van der Waals surface area contributed by atoms with Crippen molar-refractivity contribution >= 4 is 50.5 Å². The minimum atomic E-state index is -3.75. The normalized spacial score (nSPS) is 11.1. The number of nitrogens with zero attached hydrogens (tertiary/aromatic N) is 1. The Bertz CT molecular complexity index is 1200. The van der Waals surface area contributed by atoms with Crippen LogP contribution in [0.15, 0.2) is 66.7 Å². The number of ether oxygens (including phenoxy) is 1. The van der Waals surface area contributed by atoms with Gasteiger partial charge in [0.1, 0.15) is 12.3 Å². The van der Waals surface area contributed by atoms with E-state index in [4.69, 9.17) is 27.9 Å². The van der Waals surface area contributed by atoms with E-state index in [9.17, 15) is 13.2 Å². The van der Waals surface area contributed by atoms with Crippen molar-refractivity contribution in [3.8, 4) is 11.5 Å². The fourth-order valence-electron chi connectivity index (χ4n) is 2.76. The lowest BCUT2D eigenvalue weighted by Gasteiger charge is -2.23. The maximum Gasteiger partial charge on any atom is 0.245 e. The first-order chi connectivity index (χ1) is 14.6. The van der Waals surface area contributed by atoms with Gasteiger partial charge in [-0.25, -0.2) is 8.42 Å². The van der Waals surface area contributed by atoms with Crippen LogP contribution in [0.4, 0.5) is 11.4 Å². The van der Waals surface area contributed by atoms with E-state index in [-0.39, 0.29) is 0 Å². The predicted molar refractivity (Wildman–Crippen MR) is 125 cm³/mol. The lowest BCUT2D eigenvalue weighted by molar-refractivity contribution is -0.114. The summed E-state index contributed by atoms with van der Waals surface area (Å²) in [6.07, 6.45) is 1.03. The summed E-state index contributed by atoms with van der Waals surface area (Å²) in [7, 11) is -3.75. The van der Waals surface area contributed by atoms with Crippen LogP contribution in [0.25, 0.3) is 0 Å². The van der Waals surface area contributed by atoms with Crippen LogP contribution in [0.1, 0.15) is 5.56 Å². The molecule has 0 bridgehead atoms. The number of anilines is 2. The molecule has 0 fully saturated rings. The average molecular weight is 479 g/mol. The van der Waals surface area contributed by atoms with Crippen molar-refractivity contribution < 1.29 is 17.9 Å². The number of carbonyl (C=O) groups excluding carboxylic acids is 1. The Labute approximate surface area is 191 Å². The SMILES string of the molecule is Cc1ccc(N(CC(=O)Nc2cc(Cl)ccc2Oc2ccccc2)S(C)(=O)=O)cc1Cl. The van der Waals surface area contributed by atoms with Crippen LogP contribution < -0.4 is 14.4 Å². The number of hydrogen-bond donors (Lipinski definition) is 1. The summed E-state index contributed by atoms with van der Waals surface area (Å²) in [6.45, 7) is 1.35. The third-order valence-electron chi connectivity index (χ3n) is 4.32. The molecule has 162 valence electrons. The Morgan fingerprint density at radius 1 is 1.03 bits per heavy atom. The van der Waals surface area contributed by atoms with E-state index in [0.717, 1.165) is 16.1 Å². The van der Waals surface area contributed by atoms with Crippen LogP contribution in [0.2, 0.25) is 10.0 Å². The van der Waals surface area contributed by atoms with E-state index in [0.29, 0.717) is 32.9 Å². The number of aryl methyl sites for hydroxylation is 1. The Hall–Kier alpha value is -2.74. The smallest absolute Gasteiger partial charge is 0.245 e. The molecule has 1 N–H and O–H groups in total. The fourth-order valence-corrected chi connectivity index (χ4v) is 3.96. The zero-order valence-corrected chi connectivity index (χ0v) is 19.1. The molecule has 6 nitrogen and oxygen atoms in total. The Morgan fingerprint density at radius 2 is 1.74 bits per heavy atom. The molecule has 0 saturated heterocycles. The molecule has 0 aliphatic carbocycles. The quantitative estimate of drug-likeness (QED) is 0.486. The zero-order chi connectivity index (χ0) is 22.6. The molecule has 1 amide bonds. The topological polar surface area (TPSA) is 75.7 Å². The standard InChI is InChI=1S/C22H20Cl2N2O4S/c1-15-8-10-17(13-19(15)24)26(31(2,28)29)14-22(27)25-20-12-16(23)9-11-21(20)30-18-6-4-3-5-7-18/h3-13H,14H2,1-2H3,(H,25,27). The molecule has 0 radical (unpaired) electrons. The third kappa shape index (κ3) is 6.13. The fraction of sp³-hybridized carbons (Fsp3) is 0.136. The lowest BCUT2D eigenvalue weighted by atomic mass is 10.2. The Balaban J connectivity index is 1.84. The second-order valence-corrected chi connectivity index (χ2v) is 9.56. The van der Waals surface area contributed by atoms with Crippen LogP contribution in [-0.2, 0) is 14.8 Å². The van der Waals surface area contributed by atoms with Crippen molar-refractivity contribution in [2.45, 2.75) is 6.92 Å². The van der Waals surface area contributed by atoms with E-state index in [2.05, 4.69) is 5.32 Å². The number of benzene rings is 3. The highest BCUT2D eigenvalue weighted by Crippen LogP contribution is 2.32. The molecule has 0 aromatic heterocycles. The summed E-state index contributed by atoms with van der Waals surface area (Å²) in [6, 6.07) is 18.6. The third-order valence-corrected chi connectivity index (χ3v) is 6.10. The predicted octanol–water partition coefficient (Wildman–Crippen LogP) is 5.50. The maximum absolute atomic E-state index is 12.8. The molecule has 3 rings (SSSR count). The Morgan fingerprint density at radius 3 is 2.39 bits per heavy atom. The number of hydrogen-bond acceptors (Lipinski definition) is 4. The van der Waals surface area contributed by atoms with Crippen molar-refractivity contribution in [3.63, 3.8) is 0 Å². The number of carbonyl (C=O) groups is 1. The average Bonchev–Trinajstić information content (AvgIpc) is 2.70. The number of para-hydroxylation sites is 1. The van der Waals surface area contributed by atoms with E-state index >= 15 is 0 Å². The minimum Gasteiger partial charge on any atom is -0.455 e. The van der Waals surface area contributed by atoms with Crippen LogP contribution >= 0.6 is 23.2 Å². The molecule has 0 atom stereocenters. The molecule has 0 unspecified atom stereocenters. The largest absolute Gasteiger partial charge is 0.455 e. The molecular weight excluding hydrogens is 459 g/mol. The monoisotopic (exact) mass is 478 g/mol. The van der Waals surface area contributed by atoms with Crippen molar-refractivity contribution in [1.29, 1.82) is 0 Å². The summed E-state index contributed by atoms with van der Waals surface area (Å²) < 4.78 is 31.5. The molecular formula is C22H20Cl2N2O4S. The first-order valence-corrected chi connectivity index (χ1v) is 11.8. The van der Waals surface area contributed by atoms with Gasteiger partial charge in [0.15, 0.2) is 5.75 Å². The van der Waals surface area contributed by atoms with Crippen LogP contribution in [0, 0.1) is 6.92 Å². The Kier molecular flexibility index (Phi) is 7.10. The summed E-state index contributed by atoms with van der Waals surface area (Å²) >= 11 is 12.2. The van der Waals surface area contributed by atoms with E-state index < -0.39 is 22.5 Å². The van der Waals surface area contributed by atoms with Gasteiger partial charge in [0.2, 0.25) is 15.9 Å².